The molecule has 1 heteroatoms. The predicted molar refractivity (Wildman–Crippen MR) is 162 cm³/mol. The molecular weight excluding hydrogens is 458 g/mol. The van der Waals surface area contributed by atoms with Crippen molar-refractivity contribution in [3.63, 3.8) is 0 Å². The van der Waals surface area contributed by atoms with Crippen LogP contribution < -0.4 is 4.90 Å². The smallest absolute Gasteiger partial charge is 0.0546 e. The fourth-order valence-electron chi connectivity index (χ4n) is 6.36. The number of benzene rings is 6. The van der Waals surface area contributed by atoms with E-state index in [0.29, 0.717) is 0 Å². The van der Waals surface area contributed by atoms with E-state index in [1.54, 1.807) is 0 Å². The number of nitrogens with zero attached hydrogens (tertiary/aromatic N) is 1. The zero-order valence-electron chi connectivity index (χ0n) is 21.7. The molecule has 38 heavy (non-hydrogen) atoms. The minimum atomic E-state index is -0.156. The molecule has 0 unspecified atom stereocenters. The van der Waals surface area contributed by atoms with Crippen LogP contribution in [0.25, 0.3) is 33.0 Å². The molecule has 0 N–H and O–H groups in total. The average Bonchev–Trinajstić information content (AvgIpc) is 2.97. The molecule has 0 saturated carbocycles. The first-order valence-electron chi connectivity index (χ1n) is 13.3. The van der Waals surface area contributed by atoms with Gasteiger partial charge in [0.25, 0.3) is 0 Å². The highest BCUT2D eigenvalue weighted by molar-refractivity contribution is 6.11. The van der Waals surface area contributed by atoms with E-state index < -0.39 is 0 Å². The number of para-hydroxylation sites is 2. The first-order valence-corrected chi connectivity index (χ1v) is 13.3. The largest absolute Gasteiger partial charge is 0.310 e. The highest BCUT2D eigenvalue weighted by atomic mass is 15.1. The van der Waals surface area contributed by atoms with E-state index >= 15 is 0 Å². The molecule has 7 rings (SSSR count). The maximum Gasteiger partial charge on any atom is 0.0546 e. The van der Waals surface area contributed by atoms with E-state index in [9.17, 15) is 0 Å². The Morgan fingerprint density at radius 3 is 1.74 bits per heavy atom. The lowest BCUT2D eigenvalue weighted by Gasteiger charge is -2.39. The number of anilines is 3. The van der Waals surface area contributed by atoms with Crippen LogP contribution in [-0.4, -0.2) is 0 Å². The maximum absolute atomic E-state index is 2.41. The average molecular weight is 488 g/mol. The molecule has 1 aliphatic rings. The highest BCUT2D eigenvalue weighted by Crippen LogP contribution is 2.55. The van der Waals surface area contributed by atoms with Gasteiger partial charge in [0.2, 0.25) is 0 Å². The van der Waals surface area contributed by atoms with Crippen molar-refractivity contribution in [2.75, 3.05) is 4.90 Å². The van der Waals surface area contributed by atoms with Crippen molar-refractivity contribution in [1.29, 1.82) is 0 Å². The van der Waals surface area contributed by atoms with Crippen LogP contribution in [0, 0.1) is 0 Å². The number of fused-ring (bicyclic) bond motifs is 2. The Morgan fingerprint density at radius 1 is 0.500 bits per heavy atom. The molecule has 0 bridgehead atoms. The molecule has 0 radical (unpaired) electrons. The molecule has 6 aromatic carbocycles. The molecule has 182 valence electrons. The van der Waals surface area contributed by atoms with E-state index in [1.807, 2.05) is 0 Å². The molecule has 1 nitrogen and oxygen atoms in total. The van der Waals surface area contributed by atoms with Crippen LogP contribution in [0.2, 0.25) is 0 Å². The molecule has 0 fully saturated rings. The summed E-state index contributed by atoms with van der Waals surface area (Å²) in [4.78, 5) is 2.41. The second-order valence-electron chi connectivity index (χ2n) is 10.6. The van der Waals surface area contributed by atoms with Gasteiger partial charge in [0.05, 0.1) is 5.69 Å². The van der Waals surface area contributed by atoms with Crippen LogP contribution >= 0.6 is 0 Å². The Hall–Kier alpha value is -4.62. The van der Waals surface area contributed by atoms with Gasteiger partial charge in [-0.15, -0.1) is 0 Å². The molecule has 0 amide bonds. The van der Waals surface area contributed by atoms with Gasteiger partial charge in [0, 0.05) is 22.4 Å². The Kier molecular flexibility index (Phi) is 5.19. The summed E-state index contributed by atoms with van der Waals surface area (Å²) in [6, 6.07) is 50.5. The van der Waals surface area contributed by atoms with Gasteiger partial charge in [-0.05, 0) is 68.9 Å². The van der Waals surface area contributed by atoms with E-state index in [-0.39, 0.29) is 5.41 Å². The molecule has 1 aliphatic carbocycles. The quantitative estimate of drug-likeness (QED) is 0.239. The SMILES string of the molecule is CC1(C)c2c(-c3ccccc3)cccc2-c2c(N(c3ccccc3)c3ccccc3)ccc3cccc1c23. The monoisotopic (exact) mass is 487 g/mol. The highest BCUT2D eigenvalue weighted by Gasteiger charge is 2.37. The third-order valence-electron chi connectivity index (χ3n) is 8.01. The van der Waals surface area contributed by atoms with Crippen molar-refractivity contribution in [3.05, 3.63) is 151 Å². The topological polar surface area (TPSA) is 3.24 Å². The summed E-state index contributed by atoms with van der Waals surface area (Å²) in [7, 11) is 0. The summed E-state index contributed by atoms with van der Waals surface area (Å²) in [5.74, 6) is 0. The lowest BCUT2D eigenvalue weighted by Crippen LogP contribution is -2.25. The maximum atomic E-state index is 2.41. The zero-order chi connectivity index (χ0) is 25.7. The second kappa shape index (κ2) is 8.75. The van der Waals surface area contributed by atoms with Crippen molar-refractivity contribution in [3.8, 4) is 22.3 Å². The van der Waals surface area contributed by atoms with Gasteiger partial charge in [-0.1, -0.05) is 123 Å². The summed E-state index contributed by atoms with van der Waals surface area (Å²) in [5.41, 5.74) is 11.3. The fourth-order valence-corrected chi connectivity index (χ4v) is 6.36. The Labute approximate surface area is 224 Å². The van der Waals surface area contributed by atoms with Crippen LogP contribution in [0.1, 0.15) is 25.0 Å². The predicted octanol–water partition coefficient (Wildman–Crippen LogP) is 10.3. The molecule has 0 heterocycles. The van der Waals surface area contributed by atoms with Crippen LogP contribution in [-0.2, 0) is 5.41 Å². The number of hydrogen-bond acceptors (Lipinski definition) is 1. The summed E-state index contributed by atoms with van der Waals surface area (Å²) in [6.45, 7) is 4.77. The molecule has 0 saturated heterocycles. The van der Waals surface area contributed by atoms with Crippen LogP contribution in [0.3, 0.4) is 0 Å². The standard InChI is InChI=1S/C37H29N/c1-37(2)32-23-12-16-27-24-25-33(38(28-17-8-4-9-18-28)29-19-10-5-11-20-29)35(34(27)32)31-22-13-21-30(36(31)37)26-14-6-3-7-15-26/h3-25H,1-2H3. The minimum absolute atomic E-state index is 0.156. The van der Waals surface area contributed by atoms with Crippen molar-refractivity contribution >= 4 is 27.8 Å². The lowest BCUT2D eigenvalue weighted by atomic mass is 9.66. The molecule has 6 aromatic rings. The van der Waals surface area contributed by atoms with Crippen LogP contribution in [0.5, 0.6) is 0 Å². The van der Waals surface area contributed by atoms with Gasteiger partial charge in [-0.3, -0.25) is 0 Å². The second-order valence-corrected chi connectivity index (χ2v) is 10.6. The van der Waals surface area contributed by atoms with Crippen molar-refractivity contribution in [2.24, 2.45) is 0 Å². The first-order chi connectivity index (χ1) is 18.6. The molecule has 0 spiro atoms. The number of hydrogen-bond donors (Lipinski definition) is 0. The molecular formula is C37H29N. The van der Waals surface area contributed by atoms with Gasteiger partial charge in [0.1, 0.15) is 0 Å². The number of rotatable bonds is 4. The van der Waals surface area contributed by atoms with E-state index in [1.165, 1.54) is 49.8 Å². The Balaban J connectivity index is 1.62. The molecule has 0 aromatic heterocycles. The van der Waals surface area contributed by atoms with Crippen molar-refractivity contribution in [2.45, 2.75) is 19.3 Å². The third-order valence-corrected chi connectivity index (χ3v) is 8.01. The van der Waals surface area contributed by atoms with E-state index in [4.69, 9.17) is 0 Å². The molecule has 0 aliphatic heterocycles. The van der Waals surface area contributed by atoms with Crippen LogP contribution in [0.15, 0.2) is 140 Å². The normalized spacial score (nSPS) is 13.2. The van der Waals surface area contributed by atoms with Crippen LogP contribution in [0.4, 0.5) is 17.1 Å². The van der Waals surface area contributed by atoms with Gasteiger partial charge in [-0.25, -0.2) is 0 Å². The minimum Gasteiger partial charge on any atom is -0.310 e. The van der Waals surface area contributed by atoms with Crippen molar-refractivity contribution < 1.29 is 0 Å². The van der Waals surface area contributed by atoms with Crippen molar-refractivity contribution in [1.82, 2.24) is 0 Å². The summed E-state index contributed by atoms with van der Waals surface area (Å²) < 4.78 is 0. The summed E-state index contributed by atoms with van der Waals surface area (Å²) in [5, 5.41) is 2.63. The zero-order valence-corrected chi connectivity index (χ0v) is 21.7. The van der Waals surface area contributed by atoms with Gasteiger partial charge >= 0.3 is 0 Å². The third kappa shape index (κ3) is 3.39. The summed E-state index contributed by atoms with van der Waals surface area (Å²) >= 11 is 0. The Morgan fingerprint density at radius 2 is 1.08 bits per heavy atom. The van der Waals surface area contributed by atoms with E-state index in [0.717, 1.165) is 11.4 Å². The lowest BCUT2D eigenvalue weighted by molar-refractivity contribution is 0.647. The van der Waals surface area contributed by atoms with Gasteiger partial charge < -0.3 is 4.90 Å². The first kappa shape index (κ1) is 22.6. The van der Waals surface area contributed by atoms with E-state index in [2.05, 4.69) is 158 Å². The van der Waals surface area contributed by atoms with Gasteiger partial charge in [-0.2, -0.15) is 0 Å². The van der Waals surface area contributed by atoms with Gasteiger partial charge in [0.15, 0.2) is 0 Å². The fraction of sp³-hybridized carbons (Fsp3) is 0.0811. The summed E-state index contributed by atoms with van der Waals surface area (Å²) in [6.07, 6.45) is 0. The Bertz CT molecular complexity index is 1730. The molecule has 0 atom stereocenters.